The normalized spacial score (nSPS) is 14.7. The van der Waals surface area contributed by atoms with Gasteiger partial charge < -0.3 is 24.7 Å². The van der Waals surface area contributed by atoms with Crippen LogP contribution in [0.4, 0.5) is 17.5 Å². The van der Waals surface area contributed by atoms with Crippen LogP contribution in [0.2, 0.25) is 0 Å². The summed E-state index contributed by atoms with van der Waals surface area (Å²) in [4.78, 5) is 14.9. The SMILES string of the molecule is COc1cccc(Nc2nc(N3CCOCC3)nc3[nH]c(C)cc23)c1. The van der Waals surface area contributed by atoms with Crippen molar-refractivity contribution in [2.75, 3.05) is 43.6 Å². The predicted octanol–water partition coefficient (Wildman–Crippen LogP) is 2.86. The monoisotopic (exact) mass is 339 g/mol. The zero-order valence-electron chi connectivity index (χ0n) is 14.4. The van der Waals surface area contributed by atoms with Crippen molar-refractivity contribution in [3.8, 4) is 5.75 Å². The molecule has 0 bridgehead atoms. The Morgan fingerprint density at radius 1 is 1.20 bits per heavy atom. The number of nitrogens with zero attached hydrogens (tertiary/aromatic N) is 3. The highest BCUT2D eigenvalue weighted by molar-refractivity contribution is 5.90. The van der Waals surface area contributed by atoms with Crippen LogP contribution in [0.15, 0.2) is 30.3 Å². The zero-order valence-corrected chi connectivity index (χ0v) is 14.4. The van der Waals surface area contributed by atoms with Crippen LogP contribution in [-0.4, -0.2) is 48.4 Å². The third-order valence-electron chi connectivity index (χ3n) is 4.24. The van der Waals surface area contributed by atoms with Gasteiger partial charge >= 0.3 is 0 Å². The fraction of sp³-hybridized carbons (Fsp3) is 0.333. The molecule has 130 valence electrons. The van der Waals surface area contributed by atoms with Gasteiger partial charge in [0, 0.05) is 30.5 Å². The molecule has 1 aliphatic rings. The Morgan fingerprint density at radius 3 is 2.84 bits per heavy atom. The lowest BCUT2D eigenvalue weighted by molar-refractivity contribution is 0.122. The van der Waals surface area contributed by atoms with Gasteiger partial charge in [-0.3, -0.25) is 0 Å². The number of fused-ring (bicyclic) bond motifs is 1. The lowest BCUT2D eigenvalue weighted by Gasteiger charge is -2.27. The third kappa shape index (κ3) is 3.23. The van der Waals surface area contributed by atoms with Gasteiger partial charge in [0.05, 0.1) is 25.7 Å². The Morgan fingerprint density at radius 2 is 2.04 bits per heavy atom. The van der Waals surface area contributed by atoms with Gasteiger partial charge in [0.1, 0.15) is 17.2 Å². The highest BCUT2D eigenvalue weighted by Gasteiger charge is 2.17. The summed E-state index contributed by atoms with van der Waals surface area (Å²) in [5.74, 6) is 2.29. The molecule has 1 fully saturated rings. The third-order valence-corrected chi connectivity index (χ3v) is 4.24. The number of rotatable bonds is 4. The van der Waals surface area contributed by atoms with Gasteiger partial charge in [0.25, 0.3) is 0 Å². The molecule has 3 aromatic rings. The molecule has 4 rings (SSSR count). The molecule has 1 saturated heterocycles. The minimum atomic E-state index is 0.698. The van der Waals surface area contributed by atoms with Gasteiger partial charge in [-0.05, 0) is 25.1 Å². The van der Waals surface area contributed by atoms with E-state index >= 15 is 0 Å². The van der Waals surface area contributed by atoms with E-state index in [9.17, 15) is 0 Å². The van der Waals surface area contributed by atoms with Crippen LogP contribution >= 0.6 is 0 Å². The first-order chi connectivity index (χ1) is 12.2. The van der Waals surface area contributed by atoms with E-state index in [0.29, 0.717) is 19.2 Å². The first-order valence-corrected chi connectivity index (χ1v) is 8.34. The lowest BCUT2D eigenvalue weighted by atomic mass is 10.3. The molecule has 0 amide bonds. The second-order valence-corrected chi connectivity index (χ2v) is 6.04. The molecule has 2 aromatic heterocycles. The number of hydrogen-bond acceptors (Lipinski definition) is 6. The summed E-state index contributed by atoms with van der Waals surface area (Å²) in [6.45, 7) is 5.01. The van der Waals surface area contributed by atoms with E-state index in [1.54, 1.807) is 7.11 Å². The molecule has 2 N–H and O–H groups in total. The lowest BCUT2D eigenvalue weighted by Crippen LogP contribution is -2.37. The second kappa shape index (κ2) is 6.60. The maximum Gasteiger partial charge on any atom is 0.229 e. The van der Waals surface area contributed by atoms with Crippen LogP contribution in [0.3, 0.4) is 0 Å². The fourth-order valence-electron chi connectivity index (χ4n) is 2.97. The Kier molecular flexibility index (Phi) is 4.15. The second-order valence-electron chi connectivity index (χ2n) is 6.04. The minimum Gasteiger partial charge on any atom is -0.497 e. The fourth-order valence-corrected chi connectivity index (χ4v) is 2.97. The van der Waals surface area contributed by atoms with E-state index < -0.39 is 0 Å². The molecule has 0 atom stereocenters. The van der Waals surface area contributed by atoms with Gasteiger partial charge in [-0.15, -0.1) is 0 Å². The standard InChI is InChI=1S/C18H21N5O2/c1-12-10-15-16(19-12)21-18(23-6-8-25-9-7-23)22-17(15)20-13-4-3-5-14(11-13)24-2/h3-5,10-11H,6-9H2,1-2H3,(H2,19,20,21,22). The van der Waals surface area contributed by atoms with Gasteiger partial charge in [-0.2, -0.15) is 9.97 Å². The smallest absolute Gasteiger partial charge is 0.229 e. The number of aromatic amines is 1. The van der Waals surface area contributed by atoms with E-state index in [1.165, 1.54) is 0 Å². The number of H-pyrrole nitrogens is 1. The van der Waals surface area contributed by atoms with Crippen molar-refractivity contribution in [2.24, 2.45) is 0 Å². The number of nitrogens with one attached hydrogen (secondary N) is 2. The molecular formula is C18H21N5O2. The molecule has 1 aromatic carbocycles. The summed E-state index contributed by atoms with van der Waals surface area (Å²) >= 11 is 0. The molecule has 0 unspecified atom stereocenters. The first kappa shape index (κ1) is 15.7. The van der Waals surface area contributed by atoms with Gasteiger partial charge in [-0.1, -0.05) is 6.07 Å². The number of anilines is 3. The first-order valence-electron chi connectivity index (χ1n) is 8.34. The summed E-state index contributed by atoms with van der Waals surface area (Å²) in [6, 6.07) is 9.86. The zero-order chi connectivity index (χ0) is 17.2. The molecule has 0 saturated carbocycles. The van der Waals surface area contributed by atoms with Gasteiger partial charge in [0.2, 0.25) is 5.95 Å². The Bertz CT molecular complexity index is 886. The van der Waals surface area contributed by atoms with Crippen LogP contribution in [0, 0.1) is 6.92 Å². The van der Waals surface area contributed by atoms with E-state index in [2.05, 4.69) is 21.3 Å². The van der Waals surface area contributed by atoms with Crippen molar-refractivity contribution in [1.82, 2.24) is 15.0 Å². The Hall–Kier alpha value is -2.80. The van der Waals surface area contributed by atoms with Crippen LogP contribution < -0.4 is 15.0 Å². The maximum absolute atomic E-state index is 5.43. The molecule has 7 nitrogen and oxygen atoms in total. The number of benzene rings is 1. The molecule has 3 heterocycles. The van der Waals surface area contributed by atoms with E-state index in [0.717, 1.165) is 47.1 Å². The molecule has 0 radical (unpaired) electrons. The van der Waals surface area contributed by atoms with Crippen LogP contribution in [0.25, 0.3) is 11.0 Å². The average molecular weight is 339 g/mol. The van der Waals surface area contributed by atoms with E-state index in [1.807, 2.05) is 31.2 Å². The van der Waals surface area contributed by atoms with Crippen molar-refractivity contribution in [1.29, 1.82) is 0 Å². The van der Waals surface area contributed by atoms with E-state index in [4.69, 9.17) is 19.4 Å². The van der Waals surface area contributed by atoms with Crippen LogP contribution in [0.1, 0.15) is 5.69 Å². The van der Waals surface area contributed by atoms with Crippen molar-refractivity contribution in [3.05, 3.63) is 36.0 Å². The molecular weight excluding hydrogens is 318 g/mol. The number of hydrogen-bond donors (Lipinski definition) is 2. The molecule has 25 heavy (non-hydrogen) atoms. The van der Waals surface area contributed by atoms with Crippen molar-refractivity contribution in [3.63, 3.8) is 0 Å². The van der Waals surface area contributed by atoms with Crippen molar-refractivity contribution >= 4 is 28.5 Å². The molecule has 0 spiro atoms. The van der Waals surface area contributed by atoms with Gasteiger partial charge in [0.15, 0.2) is 0 Å². The van der Waals surface area contributed by atoms with Gasteiger partial charge in [-0.25, -0.2) is 0 Å². The summed E-state index contributed by atoms with van der Waals surface area (Å²) in [7, 11) is 1.66. The maximum atomic E-state index is 5.43. The summed E-state index contributed by atoms with van der Waals surface area (Å²) < 4.78 is 10.7. The minimum absolute atomic E-state index is 0.698. The number of morpholine rings is 1. The predicted molar refractivity (Wildman–Crippen MR) is 97.9 cm³/mol. The Balaban J connectivity index is 1.74. The number of aryl methyl sites for hydroxylation is 1. The van der Waals surface area contributed by atoms with E-state index in [-0.39, 0.29) is 0 Å². The average Bonchev–Trinajstić information content (AvgIpc) is 3.03. The molecule has 1 aliphatic heterocycles. The number of ether oxygens (including phenoxy) is 2. The summed E-state index contributed by atoms with van der Waals surface area (Å²) in [5.41, 5.74) is 2.81. The van der Waals surface area contributed by atoms with Crippen molar-refractivity contribution in [2.45, 2.75) is 6.92 Å². The molecule has 7 heteroatoms. The summed E-state index contributed by atoms with van der Waals surface area (Å²) in [5, 5.41) is 4.38. The topological polar surface area (TPSA) is 75.3 Å². The number of methoxy groups -OCH3 is 1. The summed E-state index contributed by atoms with van der Waals surface area (Å²) in [6.07, 6.45) is 0. The quantitative estimate of drug-likeness (QED) is 0.761. The van der Waals surface area contributed by atoms with Crippen LogP contribution in [0.5, 0.6) is 5.75 Å². The highest BCUT2D eigenvalue weighted by Crippen LogP contribution is 2.28. The number of aromatic nitrogens is 3. The molecule has 0 aliphatic carbocycles. The highest BCUT2D eigenvalue weighted by atomic mass is 16.5. The van der Waals surface area contributed by atoms with Crippen LogP contribution in [-0.2, 0) is 4.74 Å². The Labute approximate surface area is 146 Å². The van der Waals surface area contributed by atoms with Crippen molar-refractivity contribution < 1.29 is 9.47 Å². The largest absolute Gasteiger partial charge is 0.497 e.